The summed E-state index contributed by atoms with van der Waals surface area (Å²) in [5.74, 6) is 3.88. The molecule has 0 aliphatic heterocycles. The first-order valence-corrected chi connectivity index (χ1v) is 10.3. The SMILES string of the molecule is CCCCNC(C)CC1CCC(CC(CC)CC(C)C)CC1. The van der Waals surface area contributed by atoms with Crippen LogP contribution in [0.15, 0.2) is 0 Å². The fourth-order valence-electron chi connectivity index (χ4n) is 4.38. The van der Waals surface area contributed by atoms with Crippen molar-refractivity contribution in [3.63, 3.8) is 0 Å². The van der Waals surface area contributed by atoms with Crippen LogP contribution in [0.5, 0.6) is 0 Å². The van der Waals surface area contributed by atoms with E-state index in [9.17, 15) is 0 Å². The van der Waals surface area contributed by atoms with Crippen molar-refractivity contribution in [1.29, 1.82) is 0 Å². The third-order valence-corrected chi connectivity index (χ3v) is 5.73. The standard InChI is InChI=1S/C21H43N/c1-6-8-13-22-18(5)15-20-9-11-21(12-10-20)16-19(7-2)14-17(3)4/h17-22H,6-16H2,1-5H3. The van der Waals surface area contributed by atoms with E-state index < -0.39 is 0 Å². The largest absolute Gasteiger partial charge is 0.314 e. The van der Waals surface area contributed by atoms with Gasteiger partial charge in [0.05, 0.1) is 0 Å². The minimum Gasteiger partial charge on any atom is -0.314 e. The van der Waals surface area contributed by atoms with Crippen LogP contribution in [0, 0.1) is 23.7 Å². The predicted octanol–water partition coefficient (Wildman–Crippen LogP) is 6.42. The highest BCUT2D eigenvalue weighted by Gasteiger charge is 2.24. The Balaban J connectivity index is 2.19. The van der Waals surface area contributed by atoms with Crippen LogP contribution >= 0.6 is 0 Å². The van der Waals surface area contributed by atoms with Crippen molar-refractivity contribution in [3.05, 3.63) is 0 Å². The first kappa shape index (κ1) is 20.0. The van der Waals surface area contributed by atoms with Crippen molar-refractivity contribution in [2.24, 2.45) is 23.7 Å². The van der Waals surface area contributed by atoms with E-state index in [1.807, 2.05) is 0 Å². The van der Waals surface area contributed by atoms with Gasteiger partial charge in [-0.1, -0.05) is 66.2 Å². The van der Waals surface area contributed by atoms with Gasteiger partial charge in [0, 0.05) is 6.04 Å². The normalized spacial score (nSPS) is 25.4. The Morgan fingerprint density at radius 1 is 0.909 bits per heavy atom. The minimum absolute atomic E-state index is 0.720. The molecule has 1 heteroatoms. The fourth-order valence-corrected chi connectivity index (χ4v) is 4.38. The summed E-state index contributed by atoms with van der Waals surface area (Å²) in [5.41, 5.74) is 0. The molecule has 1 aliphatic rings. The number of hydrogen-bond acceptors (Lipinski definition) is 1. The molecule has 1 nitrogen and oxygen atoms in total. The van der Waals surface area contributed by atoms with Crippen LogP contribution in [0.3, 0.4) is 0 Å². The van der Waals surface area contributed by atoms with E-state index in [2.05, 4.69) is 39.9 Å². The van der Waals surface area contributed by atoms with Gasteiger partial charge >= 0.3 is 0 Å². The zero-order valence-electron chi connectivity index (χ0n) is 16.2. The molecule has 132 valence electrons. The molecule has 0 aromatic rings. The monoisotopic (exact) mass is 309 g/mol. The Morgan fingerprint density at radius 2 is 1.50 bits per heavy atom. The zero-order valence-corrected chi connectivity index (χ0v) is 16.2. The maximum Gasteiger partial charge on any atom is 0.00413 e. The van der Waals surface area contributed by atoms with Crippen LogP contribution in [0.4, 0.5) is 0 Å². The van der Waals surface area contributed by atoms with Crippen LogP contribution in [-0.2, 0) is 0 Å². The molecule has 0 heterocycles. The average molecular weight is 310 g/mol. The van der Waals surface area contributed by atoms with Gasteiger partial charge in [-0.3, -0.25) is 0 Å². The van der Waals surface area contributed by atoms with Gasteiger partial charge in [0.25, 0.3) is 0 Å². The van der Waals surface area contributed by atoms with E-state index >= 15 is 0 Å². The third kappa shape index (κ3) is 8.56. The Morgan fingerprint density at radius 3 is 2.00 bits per heavy atom. The lowest BCUT2D eigenvalue weighted by Gasteiger charge is -2.32. The second-order valence-electron chi connectivity index (χ2n) is 8.47. The molecule has 2 unspecified atom stereocenters. The summed E-state index contributed by atoms with van der Waals surface area (Å²) in [6.45, 7) is 13.0. The van der Waals surface area contributed by atoms with Gasteiger partial charge in [0.15, 0.2) is 0 Å². The summed E-state index contributed by atoms with van der Waals surface area (Å²) < 4.78 is 0. The van der Waals surface area contributed by atoms with Gasteiger partial charge in [-0.25, -0.2) is 0 Å². The van der Waals surface area contributed by atoms with Crippen molar-refractivity contribution in [1.82, 2.24) is 5.32 Å². The number of hydrogen-bond donors (Lipinski definition) is 1. The van der Waals surface area contributed by atoms with Gasteiger partial charge in [-0.15, -0.1) is 0 Å². The maximum absolute atomic E-state index is 3.70. The van der Waals surface area contributed by atoms with E-state index in [1.165, 1.54) is 70.8 Å². The lowest BCUT2D eigenvalue weighted by atomic mass is 9.75. The van der Waals surface area contributed by atoms with Crippen LogP contribution in [0.1, 0.15) is 98.8 Å². The van der Waals surface area contributed by atoms with Crippen LogP contribution in [0.2, 0.25) is 0 Å². The highest BCUT2D eigenvalue weighted by Crippen LogP contribution is 2.36. The van der Waals surface area contributed by atoms with Gasteiger partial charge in [0.2, 0.25) is 0 Å². The molecular formula is C21H43N. The van der Waals surface area contributed by atoms with Gasteiger partial charge < -0.3 is 5.32 Å². The van der Waals surface area contributed by atoms with Gasteiger partial charge in [-0.2, -0.15) is 0 Å². The number of rotatable bonds is 11. The van der Waals surface area contributed by atoms with Crippen molar-refractivity contribution in [3.8, 4) is 0 Å². The lowest BCUT2D eigenvalue weighted by Crippen LogP contribution is -2.30. The lowest BCUT2D eigenvalue weighted by molar-refractivity contribution is 0.206. The summed E-state index contributed by atoms with van der Waals surface area (Å²) >= 11 is 0. The molecule has 2 atom stereocenters. The van der Waals surface area contributed by atoms with Crippen molar-refractivity contribution >= 4 is 0 Å². The molecule has 0 radical (unpaired) electrons. The molecule has 0 spiro atoms. The quantitative estimate of drug-likeness (QED) is 0.434. The summed E-state index contributed by atoms with van der Waals surface area (Å²) in [5, 5.41) is 3.70. The van der Waals surface area contributed by atoms with Gasteiger partial charge in [0.1, 0.15) is 0 Å². The minimum atomic E-state index is 0.720. The van der Waals surface area contributed by atoms with E-state index in [1.54, 1.807) is 0 Å². The molecule has 1 N–H and O–H groups in total. The molecule has 0 aromatic carbocycles. The molecule has 1 saturated carbocycles. The second-order valence-corrected chi connectivity index (χ2v) is 8.47. The second kappa shape index (κ2) is 11.5. The summed E-state index contributed by atoms with van der Waals surface area (Å²) in [6.07, 6.45) is 14.3. The molecule has 1 aliphatic carbocycles. The molecule has 0 bridgehead atoms. The van der Waals surface area contributed by atoms with Crippen LogP contribution in [0.25, 0.3) is 0 Å². The van der Waals surface area contributed by atoms with Crippen LogP contribution in [-0.4, -0.2) is 12.6 Å². The first-order chi connectivity index (χ1) is 10.5. The Hall–Kier alpha value is -0.0400. The van der Waals surface area contributed by atoms with Gasteiger partial charge in [-0.05, 0) is 62.8 Å². The molecule has 0 aromatic heterocycles. The topological polar surface area (TPSA) is 12.0 Å². The van der Waals surface area contributed by atoms with E-state index in [4.69, 9.17) is 0 Å². The molecule has 0 amide bonds. The molecule has 0 saturated heterocycles. The maximum atomic E-state index is 3.70. The molecule has 1 fully saturated rings. The molecule has 1 rings (SSSR count). The van der Waals surface area contributed by atoms with Crippen molar-refractivity contribution < 1.29 is 0 Å². The van der Waals surface area contributed by atoms with E-state index in [-0.39, 0.29) is 0 Å². The van der Waals surface area contributed by atoms with Crippen molar-refractivity contribution in [2.45, 2.75) is 105 Å². The summed E-state index contributed by atoms with van der Waals surface area (Å²) in [4.78, 5) is 0. The summed E-state index contributed by atoms with van der Waals surface area (Å²) in [7, 11) is 0. The van der Waals surface area contributed by atoms with Crippen LogP contribution < -0.4 is 5.32 Å². The van der Waals surface area contributed by atoms with Crippen molar-refractivity contribution in [2.75, 3.05) is 6.54 Å². The Kier molecular flexibility index (Phi) is 10.4. The van der Waals surface area contributed by atoms with E-state index in [0.29, 0.717) is 0 Å². The summed E-state index contributed by atoms with van der Waals surface area (Å²) in [6, 6.07) is 0.720. The smallest absolute Gasteiger partial charge is 0.00413 e. The third-order valence-electron chi connectivity index (χ3n) is 5.73. The molecule has 22 heavy (non-hydrogen) atoms. The number of nitrogens with one attached hydrogen (secondary N) is 1. The van der Waals surface area contributed by atoms with E-state index in [0.717, 1.165) is 29.7 Å². The number of unbranched alkanes of at least 4 members (excludes halogenated alkanes) is 1. The highest BCUT2D eigenvalue weighted by atomic mass is 14.9. The zero-order chi connectivity index (χ0) is 16.4. The Labute approximate surface area is 141 Å². The fraction of sp³-hybridized carbons (Fsp3) is 1.00. The Bertz CT molecular complexity index is 253. The predicted molar refractivity (Wildman–Crippen MR) is 100 cm³/mol. The highest BCUT2D eigenvalue weighted by molar-refractivity contribution is 4.78. The first-order valence-electron chi connectivity index (χ1n) is 10.3. The average Bonchev–Trinajstić information content (AvgIpc) is 2.48. The molecular weight excluding hydrogens is 266 g/mol.